The lowest BCUT2D eigenvalue weighted by Crippen LogP contribution is -2.37. The molecule has 3 nitrogen and oxygen atoms in total. The van der Waals surface area contributed by atoms with Gasteiger partial charge in [-0.1, -0.05) is 12.1 Å². The number of rotatable bonds is 2. The molecular formula is C16H18N2O. The molecular weight excluding hydrogens is 236 g/mol. The molecule has 2 rings (SSSR count). The number of nitrogens with zero attached hydrogens (tertiary/aromatic N) is 2. The van der Waals surface area contributed by atoms with Gasteiger partial charge in [0.25, 0.3) is 0 Å². The Labute approximate surface area is 114 Å². The number of carbonyl (C=O) groups is 1. The molecule has 98 valence electrons. The van der Waals surface area contributed by atoms with E-state index in [1.807, 2.05) is 17.0 Å². The van der Waals surface area contributed by atoms with Gasteiger partial charge in [0.1, 0.15) is 0 Å². The SMILES string of the molecule is CC1CCC(C)N1C(=O)/C=C/c1cccc(C#N)c1. The van der Waals surface area contributed by atoms with Gasteiger partial charge in [-0.3, -0.25) is 4.79 Å². The first-order valence-corrected chi connectivity index (χ1v) is 6.62. The molecule has 0 radical (unpaired) electrons. The predicted molar refractivity (Wildman–Crippen MR) is 75.2 cm³/mol. The highest BCUT2D eigenvalue weighted by atomic mass is 16.2. The van der Waals surface area contributed by atoms with Gasteiger partial charge in [0.15, 0.2) is 0 Å². The quantitative estimate of drug-likeness (QED) is 0.761. The van der Waals surface area contributed by atoms with Crippen molar-refractivity contribution in [2.45, 2.75) is 38.8 Å². The number of nitriles is 1. The van der Waals surface area contributed by atoms with Crippen molar-refractivity contribution in [2.24, 2.45) is 0 Å². The van der Waals surface area contributed by atoms with Crippen molar-refractivity contribution in [3.05, 3.63) is 41.5 Å². The van der Waals surface area contributed by atoms with Gasteiger partial charge >= 0.3 is 0 Å². The second kappa shape index (κ2) is 5.71. The van der Waals surface area contributed by atoms with E-state index in [-0.39, 0.29) is 5.91 Å². The van der Waals surface area contributed by atoms with Crippen molar-refractivity contribution in [3.63, 3.8) is 0 Å². The Kier molecular flexibility index (Phi) is 4.01. The Hall–Kier alpha value is -2.08. The number of hydrogen-bond donors (Lipinski definition) is 0. The lowest BCUT2D eigenvalue weighted by atomic mass is 10.1. The smallest absolute Gasteiger partial charge is 0.247 e. The first-order valence-electron chi connectivity index (χ1n) is 6.62. The Morgan fingerprint density at radius 2 is 2.05 bits per heavy atom. The molecule has 1 aromatic rings. The molecule has 0 saturated carbocycles. The standard InChI is InChI=1S/C16H18N2O/c1-12-6-7-13(2)18(12)16(19)9-8-14-4-3-5-15(10-14)11-17/h3-5,8-10,12-13H,6-7H2,1-2H3/b9-8+. The summed E-state index contributed by atoms with van der Waals surface area (Å²) in [6.45, 7) is 4.18. The predicted octanol–water partition coefficient (Wildman–Crippen LogP) is 2.97. The van der Waals surface area contributed by atoms with Gasteiger partial charge in [0, 0.05) is 18.2 Å². The minimum absolute atomic E-state index is 0.0554. The average Bonchev–Trinajstić information content (AvgIpc) is 2.76. The molecule has 2 atom stereocenters. The Morgan fingerprint density at radius 3 is 2.68 bits per heavy atom. The second-order valence-electron chi connectivity index (χ2n) is 5.09. The van der Waals surface area contributed by atoms with Crippen LogP contribution in [0.3, 0.4) is 0 Å². The van der Waals surface area contributed by atoms with Crippen LogP contribution in [-0.2, 0) is 4.79 Å². The van der Waals surface area contributed by atoms with Crippen LogP contribution in [0.5, 0.6) is 0 Å². The van der Waals surface area contributed by atoms with E-state index in [4.69, 9.17) is 5.26 Å². The third-order valence-corrected chi connectivity index (χ3v) is 3.64. The molecule has 1 amide bonds. The van der Waals surface area contributed by atoms with Crippen molar-refractivity contribution in [1.29, 1.82) is 5.26 Å². The molecule has 3 heteroatoms. The third-order valence-electron chi connectivity index (χ3n) is 3.64. The van der Waals surface area contributed by atoms with Gasteiger partial charge in [-0.15, -0.1) is 0 Å². The normalized spacial score (nSPS) is 22.7. The van der Waals surface area contributed by atoms with Gasteiger partial charge in [-0.25, -0.2) is 0 Å². The zero-order valence-corrected chi connectivity index (χ0v) is 11.3. The lowest BCUT2D eigenvalue weighted by Gasteiger charge is -2.24. The zero-order valence-electron chi connectivity index (χ0n) is 11.3. The Balaban J connectivity index is 2.10. The highest BCUT2D eigenvalue weighted by Crippen LogP contribution is 2.23. The van der Waals surface area contributed by atoms with E-state index in [0.29, 0.717) is 17.6 Å². The van der Waals surface area contributed by atoms with E-state index in [1.165, 1.54) is 0 Å². The number of hydrogen-bond acceptors (Lipinski definition) is 2. The topological polar surface area (TPSA) is 44.1 Å². The van der Waals surface area contributed by atoms with Gasteiger partial charge < -0.3 is 4.90 Å². The highest BCUT2D eigenvalue weighted by molar-refractivity contribution is 5.92. The van der Waals surface area contributed by atoms with Crippen LogP contribution in [0.1, 0.15) is 37.8 Å². The van der Waals surface area contributed by atoms with E-state index >= 15 is 0 Å². The minimum atomic E-state index is 0.0554. The maximum atomic E-state index is 12.2. The van der Waals surface area contributed by atoms with E-state index in [2.05, 4.69) is 19.9 Å². The highest BCUT2D eigenvalue weighted by Gasteiger charge is 2.29. The maximum absolute atomic E-state index is 12.2. The van der Waals surface area contributed by atoms with E-state index < -0.39 is 0 Å². The molecule has 2 unspecified atom stereocenters. The summed E-state index contributed by atoms with van der Waals surface area (Å²) in [7, 11) is 0. The van der Waals surface area contributed by atoms with Gasteiger partial charge in [-0.05, 0) is 50.5 Å². The van der Waals surface area contributed by atoms with Crippen LogP contribution in [0, 0.1) is 11.3 Å². The number of carbonyl (C=O) groups excluding carboxylic acids is 1. The summed E-state index contributed by atoms with van der Waals surface area (Å²) in [4.78, 5) is 14.1. The van der Waals surface area contributed by atoms with Crippen LogP contribution in [0.15, 0.2) is 30.3 Å². The molecule has 1 aliphatic rings. The molecule has 1 fully saturated rings. The number of amides is 1. The lowest BCUT2D eigenvalue weighted by molar-refractivity contribution is -0.128. The van der Waals surface area contributed by atoms with Crippen LogP contribution in [-0.4, -0.2) is 22.9 Å². The summed E-state index contributed by atoms with van der Waals surface area (Å²) in [6.07, 6.45) is 5.53. The van der Waals surface area contributed by atoms with Crippen LogP contribution in [0.2, 0.25) is 0 Å². The van der Waals surface area contributed by atoms with Crippen LogP contribution < -0.4 is 0 Å². The summed E-state index contributed by atoms with van der Waals surface area (Å²) in [5.41, 5.74) is 1.49. The largest absolute Gasteiger partial charge is 0.334 e. The second-order valence-corrected chi connectivity index (χ2v) is 5.09. The maximum Gasteiger partial charge on any atom is 0.247 e. The molecule has 1 heterocycles. The summed E-state index contributed by atoms with van der Waals surface area (Å²) in [5, 5.41) is 8.83. The minimum Gasteiger partial charge on any atom is -0.334 e. The van der Waals surface area contributed by atoms with Gasteiger partial charge in [0.05, 0.1) is 11.6 Å². The molecule has 0 bridgehead atoms. The monoisotopic (exact) mass is 254 g/mol. The summed E-state index contributed by atoms with van der Waals surface area (Å²) < 4.78 is 0. The molecule has 0 spiro atoms. The fraction of sp³-hybridized carbons (Fsp3) is 0.375. The fourth-order valence-corrected chi connectivity index (χ4v) is 2.59. The molecule has 0 aliphatic carbocycles. The molecule has 19 heavy (non-hydrogen) atoms. The Bertz CT molecular complexity index is 532. The first-order chi connectivity index (χ1) is 9.11. The molecule has 1 aromatic carbocycles. The van der Waals surface area contributed by atoms with E-state index in [1.54, 1.807) is 24.3 Å². The number of likely N-dealkylation sites (tertiary alicyclic amines) is 1. The van der Waals surface area contributed by atoms with Crippen LogP contribution >= 0.6 is 0 Å². The van der Waals surface area contributed by atoms with Crippen molar-refractivity contribution in [2.75, 3.05) is 0 Å². The summed E-state index contributed by atoms with van der Waals surface area (Å²) in [5.74, 6) is 0.0554. The molecule has 0 N–H and O–H groups in total. The summed E-state index contributed by atoms with van der Waals surface area (Å²) >= 11 is 0. The van der Waals surface area contributed by atoms with E-state index in [9.17, 15) is 4.79 Å². The van der Waals surface area contributed by atoms with Crippen molar-refractivity contribution >= 4 is 12.0 Å². The molecule has 0 aromatic heterocycles. The van der Waals surface area contributed by atoms with Gasteiger partial charge in [-0.2, -0.15) is 5.26 Å². The summed E-state index contributed by atoms with van der Waals surface area (Å²) in [6, 6.07) is 9.98. The third kappa shape index (κ3) is 3.03. The van der Waals surface area contributed by atoms with Crippen molar-refractivity contribution < 1.29 is 4.79 Å². The van der Waals surface area contributed by atoms with Crippen LogP contribution in [0.25, 0.3) is 6.08 Å². The van der Waals surface area contributed by atoms with E-state index in [0.717, 1.165) is 18.4 Å². The molecule has 1 saturated heterocycles. The first kappa shape index (κ1) is 13.4. The fourth-order valence-electron chi connectivity index (χ4n) is 2.59. The zero-order chi connectivity index (χ0) is 13.8. The molecule has 1 aliphatic heterocycles. The average molecular weight is 254 g/mol. The van der Waals surface area contributed by atoms with Crippen molar-refractivity contribution in [1.82, 2.24) is 4.90 Å². The number of benzene rings is 1. The van der Waals surface area contributed by atoms with Gasteiger partial charge in [0.2, 0.25) is 5.91 Å². The van der Waals surface area contributed by atoms with Crippen molar-refractivity contribution in [3.8, 4) is 6.07 Å². The van der Waals surface area contributed by atoms with Crippen LogP contribution in [0.4, 0.5) is 0 Å². The Morgan fingerprint density at radius 1 is 1.37 bits per heavy atom.